The Morgan fingerprint density at radius 3 is 2.16 bits per heavy atom. The van der Waals surface area contributed by atoms with Crippen LogP contribution in [0.1, 0.15) is 37.7 Å². The molecule has 1 N–H and O–H groups in total. The highest BCUT2D eigenvalue weighted by molar-refractivity contribution is 6.05. The number of nitrogens with one attached hydrogen (secondary N) is 1. The van der Waals surface area contributed by atoms with Crippen LogP contribution in [0.3, 0.4) is 0 Å². The van der Waals surface area contributed by atoms with Gasteiger partial charge in [0.05, 0.1) is 6.04 Å². The van der Waals surface area contributed by atoms with Crippen molar-refractivity contribution in [1.82, 2.24) is 10.3 Å². The van der Waals surface area contributed by atoms with Crippen LogP contribution >= 0.6 is 0 Å². The van der Waals surface area contributed by atoms with E-state index < -0.39 is 0 Å². The van der Waals surface area contributed by atoms with E-state index in [0.29, 0.717) is 11.8 Å². The van der Waals surface area contributed by atoms with E-state index in [0.717, 1.165) is 60.0 Å². The van der Waals surface area contributed by atoms with E-state index in [2.05, 4.69) is 121 Å². The van der Waals surface area contributed by atoms with Crippen molar-refractivity contribution in [1.29, 1.82) is 0 Å². The predicted molar refractivity (Wildman–Crippen MR) is 184 cm³/mol. The Morgan fingerprint density at radius 1 is 0.711 bits per heavy atom. The Kier molecular flexibility index (Phi) is 7.32. The second kappa shape index (κ2) is 12.0. The smallest absolute Gasteiger partial charge is 0.227 e. The lowest BCUT2D eigenvalue weighted by Crippen LogP contribution is -2.33. The fourth-order valence-corrected chi connectivity index (χ4v) is 6.69. The summed E-state index contributed by atoms with van der Waals surface area (Å²) in [6.45, 7) is 0. The van der Waals surface area contributed by atoms with Gasteiger partial charge in [-0.15, -0.1) is 0 Å². The van der Waals surface area contributed by atoms with Crippen LogP contribution < -0.4 is 16.1 Å². The van der Waals surface area contributed by atoms with Crippen LogP contribution in [0.4, 0.5) is 0 Å². The number of amidine groups is 1. The molecule has 4 aliphatic rings. The van der Waals surface area contributed by atoms with Crippen LogP contribution in [-0.2, 0) is 0 Å². The van der Waals surface area contributed by atoms with Gasteiger partial charge in [0, 0.05) is 17.2 Å². The SMILES string of the molecule is C1=CCC(C2C=C(c3ccc(-c4ccccc4)cc3)NC(C3=CC=C(C4=c5nc(-c6ccccc6)oc5=CCC4)CC3)=N2)C=C1. The Hall–Kier alpha value is -5.22. The summed E-state index contributed by atoms with van der Waals surface area (Å²) >= 11 is 0. The molecule has 0 fully saturated rings. The normalized spacial score (nSPS) is 20.7. The van der Waals surface area contributed by atoms with Gasteiger partial charge in [-0.2, -0.15) is 0 Å². The molecule has 4 aromatic rings. The van der Waals surface area contributed by atoms with Gasteiger partial charge in [-0.1, -0.05) is 109 Å². The molecule has 0 saturated heterocycles. The molecule has 0 amide bonds. The van der Waals surface area contributed by atoms with Gasteiger partial charge in [0.1, 0.15) is 11.2 Å². The second-order valence-electron chi connectivity index (χ2n) is 12.0. The quantitative estimate of drug-likeness (QED) is 0.250. The molecule has 2 atom stereocenters. The number of fused-ring (bicyclic) bond motifs is 1. The summed E-state index contributed by atoms with van der Waals surface area (Å²) in [5, 5.41) is 4.73. The number of rotatable bonds is 6. The molecule has 3 aromatic carbocycles. The van der Waals surface area contributed by atoms with E-state index in [1.165, 1.54) is 33.4 Å². The van der Waals surface area contributed by atoms with Crippen molar-refractivity contribution in [3.05, 3.63) is 155 Å². The Bertz CT molecular complexity index is 2040. The van der Waals surface area contributed by atoms with Crippen molar-refractivity contribution in [2.24, 2.45) is 10.9 Å². The third kappa shape index (κ3) is 5.60. The highest BCUT2D eigenvalue weighted by Gasteiger charge is 2.26. The van der Waals surface area contributed by atoms with Crippen LogP contribution in [0.2, 0.25) is 0 Å². The Balaban J connectivity index is 1.10. The lowest BCUT2D eigenvalue weighted by atomic mass is 9.87. The van der Waals surface area contributed by atoms with Crippen molar-refractivity contribution in [3.63, 3.8) is 0 Å². The summed E-state index contributed by atoms with van der Waals surface area (Å²) < 4.78 is 6.21. The van der Waals surface area contributed by atoms with E-state index in [1.807, 2.05) is 18.2 Å². The molecule has 1 aliphatic heterocycles. The lowest BCUT2D eigenvalue weighted by Gasteiger charge is -2.29. The molecule has 45 heavy (non-hydrogen) atoms. The lowest BCUT2D eigenvalue weighted by molar-refractivity contribution is 0.537. The van der Waals surface area contributed by atoms with Crippen LogP contribution in [0.25, 0.3) is 39.9 Å². The molecule has 0 radical (unpaired) electrons. The van der Waals surface area contributed by atoms with Gasteiger partial charge in [-0.25, -0.2) is 4.98 Å². The summed E-state index contributed by atoms with van der Waals surface area (Å²) in [4.78, 5) is 10.3. The number of hydrogen-bond acceptors (Lipinski definition) is 4. The Morgan fingerprint density at radius 2 is 1.42 bits per heavy atom. The number of nitrogens with zero attached hydrogens (tertiary/aromatic N) is 2. The zero-order valence-corrected chi connectivity index (χ0v) is 25.2. The minimum absolute atomic E-state index is 0.0786. The topological polar surface area (TPSA) is 50.4 Å². The molecule has 4 nitrogen and oxygen atoms in total. The van der Waals surface area contributed by atoms with E-state index >= 15 is 0 Å². The first-order valence-electron chi connectivity index (χ1n) is 16.0. The van der Waals surface area contributed by atoms with Crippen molar-refractivity contribution in [3.8, 4) is 22.6 Å². The molecule has 2 unspecified atom stereocenters. The molecule has 4 heteroatoms. The van der Waals surface area contributed by atoms with Gasteiger partial charge >= 0.3 is 0 Å². The van der Waals surface area contributed by atoms with Gasteiger partial charge in [-0.05, 0) is 89.8 Å². The minimum Gasteiger partial charge on any atom is -0.436 e. The maximum absolute atomic E-state index is 6.21. The van der Waals surface area contributed by atoms with Gasteiger partial charge < -0.3 is 9.73 Å². The third-order valence-corrected chi connectivity index (χ3v) is 9.15. The Labute approximate surface area is 264 Å². The van der Waals surface area contributed by atoms with Crippen LogP contribution in [0.15, 0.2) is 148 Å². The number of benzene rings is 3. The molecule has 0 saturated carbocycles. The van der Waals surface area contributed by atoms with Crippen molar-refractivity contribution in [2.75, 3.05) is 0 Å². The number of aromatic nitrogens is 1. The maximum Gasteiger partial charge on any atom is 0.227 e. The fraction of sp³-hybridized carbons (Fsp3) is 0.171. The van der Waals surface area contributed by atoms with Gasteiger partial charge in [-0.3, -0.25) is 4.99 Å². The standard InChI is InChI=1S/C41H35N3O/c1-4-11-28(12-5-1)29-19-23-32(24-20-29)37-27-36(31-13-6-2-7-14-31)42-40(43-37)33-25-21-30(22-26-33)35-17-10-18-38-39(35)44-41(45-38)34-15-8-3-9-16-34/h1-9,11-13,15-16,18-21,23-25,27,31,36H,10,14,17,22,26H2,(H,42,43). The van der Waals surface area contributed by atoms with Crippen molar-refractivity contribution in [2.45, 2.75) is 38.1 Å². The predicted octanol–water partition coefficient (Wildman–Crippen LogP) is 7.92. The molecule has 2 heterocycles. The molecule has 1 aromatic heterocycles. The molecule has 0 spiro atoms. The molecule has 0 bridgehead atoms. The number of aliphatic imine (C=N–C) groups is 1. The number of allylic oxidation sites excluding steroid dienone is 6. The second-order valence-corrected chi connectivity index (χ2v) is 12.0. The van der Waals surface area contributed by atoms with E-state index in [1.54, 1.807) is 0 Å². The maximum atomic E-state index is 6.21. The largest absolute Gasteiger partial charge is 0.436 e. The van der Waals surface area contributed by atoms with E-state index in [-0.39, 0.29) is 6.04 Å². The molecule has 8 rings (SSSR count). The van der Waals surface area contributed by atoms with Gasteiger partial charge in [0.2, 0.25) is 5.89 Å². The average molecular weight is 586 g/mol. The van der Waals surface area contributed by atoms with Gasteiger partial charge in [0.25, 0.3) is 0 Å². The minimum atomic E-state index is 0.0786. The summed E-state index contributed by atoms with van der Waals surface area (Å²) in [5.74, 6) is 2.02. The van der Waals surface area contributed by atoms with Crippen LogP contribution in [-0.4, -0.2) is 16.9 Å². The van der Waals surface area contributed by atoms with Gasteiger partial charge in [0.15, 0.2) is 5.42 Å². The first-order valence-corrected chi connectivity index (χ1v) is 16.0. The van der Waals surface area contributed by atoms with Crippen LogP contribution in [0, 0.1) is 5.92 Å². The van der Waals surface area contributed by atoms with Crippen LogP contribution in [0.5, 0.6) is 0 Å². The number of hydrogen-bond donors (Lipinski definition) is 1. The van der Waals surface area contributed by atoms with Crippen molar-refractivity contribution >= 4 is 23.2 Å². The number of oxazole rings is 1. The summed E-state index contributed by atoms with van der Waals surface area (Å²) in [5.41, 5.74) is 10.6. The fourth-order valence-electron chi connectivity index (χ4n) is 6.69. The molecule has 3 aliphatic carbocycles. The van der Waals surface area contributed by atoms with Crippen molar-refractivity contribution < 1.29 is 4.42 Å². The molecular weight excluding hydrogens is 550 g/mol. The summed E-state index contributed by atoms with van der Waals surface area (Å²) in [6, 6.07) is 29.7. The monoisotopic (exact) mass is 585 g/mol. The zero-order chi connectivity index (χ0) is 30.0. The van der Waals surface area contributed by atoms with E-state index in [9.17, 15) is 0 Å². The van der Waals surface area contributed by atoms with E-state index in [4.69, 9.17) is 14.4 Å². The molecule has 220 valence electrons. The summed E-state index contributed by atoms with van der Waals surface area (Å²) in [7, 11) is 0. The summed E-state index contributed by atoms with van der Waals surface area (Å²) in [6.07, 6.45) is 22.7. The first kappa shape index (κ1) is 27.3. The first-order chi connectivity index (χ1) is 22.3. The zero-order valence-electron chi connectivity index (χ0n) is 25.2. The highest BCUT2D eigenvalue weighted by atomic mass is 16.3. The average Bonchev–Trinajstić information content (AvgIpc) is 3.58. The highest BCUT2D eigenvalue weighted by Crippen LogP contribution is 2.32. The molecular formula is C41H35N3O. The third-order valence-electron chi connectivity index (χ3n) is 9.15.